The Morgan fingerprint density at radius 3 is 2.29 bits per heavy atom. The molecule has 2 rings (SSSR count). The number of benzene rings is 2. The Bertz CT molecular complexity index is 719. The van der Waals surface area contributed by atoms with Crippen molar-refractivity contribution < 1.29 is 14.3 Å². The molecule has 0 bridgehead atoms. The van der Waals surface area contributed by atoms with E-state index in [-0.39, 0.29) is 12.1 Å². The van der Waals surface area contributed by atoms with Crippen LogP contribution in [0.3, 0.4) is 0 Å². The van der Waals surface area contributed by atoms with Gasteiger partial charge in [0.1, 0.15) is 0 Å². The molecule has 0 spiro atoms. The van der Waals surface area contributed by atoms with Gasteiger partial charge < -0.3 is 15.4 Å². The number of anilines is 2. The number of nitrogens with one attached hydrogen (secondary N) is 3. The molecule has 0 saturated heterocycles. The van der Waals surface area contributed by atoms with Gasteiger partial charge in [0.15, 0.2) is 0 Å². The van der Waals surface area contributed by atoms with Gasteiger partial charge in [0.25, 0.3) is 0 Å². The lowest BCUT2D eigenvalue weighted by atomic mass is 10.1. The normalized spacial score (nSPS) is 11.3. The highest BCUT2D eigenvalue weighted by Gasteiger charge is 2.10. The van der Waals surface area contributed by atoms with Crippen molar-refractivity contribution >= 4 is 35.1 Å². The van der Waals surface area contributed by atoms with E-state index in [2.05, 4.69) is 20.7 Å². The lowest BCUT2D eigenvalue weighted by Gasteiger charge is -2.15. The number of halogens is 1. The van der Waals surface area contributed by atoms with Crippen LogP contribution in [0.2, 0.25) is 5.02 Å². The molecule has 1 atom stereocenters. The van der Waals surface area contributed by atoms with Crippen LogP contribution in [0, 0.1) is 0 Å². The molecule has 3 amide bonds. The summed E-state index contributed by atoms with van der Waals surface area (Å²) in [5, 5.41) is 8.72. The fourth-order valence-corrected chi connectivity index (χ4v) is 2.17. The Balaban J connectivity index is 1.95. The van der Waals surface area contributed by atoms with E-state index in [0.717, 1.165) is 5.56 Å². The van der Waals surface area contributed by atoms with Crippen molar-refractivity contribution in [2.75, 3.05) is 17.7 Å². The summed E-state index contributed by atoms with van der Waals surface area (Å²) in [6.45, 7) is 1.87. The van der Waals surface area contributed by atoms with Crippen LogP contribution in [-0.4, -0.2) is 19.2 Å². The van der Waals surface area contributed by atoms with E-state index in [4.69, 9.17) is 11.6 Å². The van der Waals surface area contributed by atoms with Crippen LogP contribution in [-0.2, 0) is 4.74 Å². The first kappa shape index (κ1) is 17.6. The number of hydrogen-bond donors (Lipinski definition) is 3. The number of urea groups is 1. The van der Waals surface area contributed by atoms with Gasteiger partial charge in [0.05, 0.1) is 13.2 Å². The summed E-state index contributed by atoms with van der Waals surface area (Å²) in [7, 11) is 1.28. The summed E-state index contributed by atoms with van der Waals surface area (Å²) in [6.07, 6.45) is -0.576. The summed E-state index contributed by atoms with van der Waals surface area (Å²) >= 11 is 5.85. The topological polar surface area (TPSA) is 79.5 Å². The SMILES string of the molecule is COC(=O)Nc1cccc(NC(=O)NC(C)c2ccc(Cl)cc2)c1. The lowest BCUT2D eigenvalue weighted by molar-refractivity contribution is 0.187. The van der Waals surface area contributed by atoms with Gasteiger partial charge in [-0.15, -0.1) is 0 Å². The summed E-state index contributed by atoms with van der Waals surface area (Å²) in [5.74, 6) is 0. The molecule has 3 N–H and O–H groups in total. The Kier molecular flexibility index (Phi) is 6.03. The van der Waals surface area contributed by atoms with Gasteiger partial charge in [-0.1, -0.05) is 29.8 Å². The molecule has 0 fully saturated rings. The average Bonchev–Trinajstić information content (AvgIpc) is 2.55. The van der Waals surface area contributed by atoms with Crippen molar-refractivity contribution in [1.82, 2.24) is 5.32 Å². The third-order valence-corrected chi connectivity index (χ3v) is 3.52. The van der Waals surface area contributed by atoms with Gasteiger partial charge in [0.2, 0.25) is 0 Å². The van der Waals surface area contributed by atoms with Gasteiger partial charge >= 0.3 is 12.1 Å². The fraction of sp³-hybridized carbons (Fsp3) is 0.176. The van der Waals surface area contributed by atoms with Crippen LogP contribution >= 0.6 is 11.6 Å². The van der Waals surface area contributed by atoms with Crippen molar-refractivity contribution in [3.63, 3.8) is 0 Å². The second-order valence-electron chi connectivity index (χ2n) is 5.07. The smallest absolute Gasteiger partial charge is 0.411 e. The lowest BCUT2D eigenvalue weighted by Crippen LogP contribution is -2.31. The molecule has 7 heteroatoms. The van der Waals surface area contributed by atoms with Crippen LogP contribution in [0.25, 0.3) is 0 Å². The monoisotopic (exact) mass is 347 g/mol. The van der Waals surface area contributed by atoms with E-state index < -0.39 is 6.09 Å². The number of rotatable bonds is 4. The molecule has 0 heterocycles. The highest BCUT2D eigenvalue weighted by Crippen LogP contribution is 2.18. The highest BCUT2D eigenvalue weighted by molar-refractivity contribution is 6.30. The van der Waals surface area contributed by atoms with Crippen molar-refractivity contribution in [1.29, 1.82) is 0 Å². The predicted octanol–water partition coefficient (Wildman–Crippen LogP) is 4.40. The Morgan fingerprint density at radius 1 is 1.04 bits per heavy atom. The maximum atomic E-state index is 12.1. The van der Waals surface area contributed by atoms with Crippen LogP contribution in [0.5, 0.6) is 0 Å². The summed E-state index contributed by atoms with van der Waals surface area (Å²) in [6, 6.07) is 13.5. The molecule has 24 heavy (non-hydrogen) atoms. The van der Waals surface area contributed by atoms with E-state index in [0.29, 0.717) is 16.4 Å². The molecule has 126 valence electrons. The maximum absolute atomic E-state index is 12.1. The Morgan fingerprint density at radius 2 is 1.67 bits per heavy atom. The molecule has 0 aromatic heterocycles. The molecule has 0 aliphatic rings. The van der Waals surface area contributed by atoms with Gasteiger partial charge in [-0.05, 0) is 42.8 Å². The van der Waals surface area contributed by atoms with Crippen molar-refractivity contribution in [3.8, 4) is 0 Å². The molecule has 2 aromatic rings. The molecule has 1 unspecified atom stereocenters. The maximum Gasteiger partial charge on any atom is 0.411 e. The molecular formula is C17H18ClN3O3. The highest BCUT2D eigenvalue weighted by atomic mass is 35.5. The van der Waals surface area contributed by atoms with Crippen LogP contribution in [0.4, 0.5) is 21.0 Å². The second kappa shape index (κ2) is 8.21. The first-order valence-electron chi connectivity index (χ1n) is 7.26. The Labute approximate surface area is 145 Å². The zero-order valence-electron chi connectivity index (χ0n) is 13.3. The zero-order chi connectivity index (χ0) is 17.5. The third-order valence-electron chi connectivity index (χ3n) is 3.27. The van der Waals surface area contributed by atoms with Crippen molar-refractivity contribution in [2.45, 2.75) is 13.0 Å². The van der Waals surface area contributed by atoms with Crippen LogP contribution < -0.4 is 16.0 Å². The Hall–Kier alpha value is -2.73. The minimum Gasteiger partial charge on any atom is -0.453 e. The third kappa shape index (κ3) is 5.17. The molecule has 0 aliphatic heterocycles. The fourth-order valence-electron chi connectivity index (χ4n) is 2.04. The molecule has 0 aliphatic carbocycles. The molecule has 6 nitrogen and oxygen atoms in total. The predicted molar refractivity (Wildman–Crippen MR) is 94.5 cm³/mol. The van der Waals surface area contributed by atoms with Crippen LogP contribution in [0.1, 0.15) is 18.5 Å². The number of amides is 3. The first-order chi connectivity index (χ1) is 11.5. The second-order valence-corrected chi connectivity index (χ2v) is 5.51. The number of carbonyl (C=O) groups is 2. The van der Waals surface area contributed by atoms with E-state index in [9.17, 15) is 9.59 Å². The average molecular weight is 348 g/mol. The number of carbonyl (C=O) groups excluding carboxylic acids is 2. The van der Waals surface area contributed by atoms with E-state index in [1.54, 1.807) is 36.4 Å². The van der Waals surface area contributed by atoms with E-state index in [1.807, 2.05) is 19.1 Å². The quantitative estimate of drug-likeness (QED) is 0.766. The first-order valence-corrected chi connectivity index (χ1v) is 7.64. The number of hydrogen-bond acceptors (Lipinski definition) is 3. The number of ether oxygens (including phenoxy) is 1. The molecule has 0 radical (unpaired) electrons. The largest absolute Gasteiger partial charge is 0.453 e. The summed E-state index contributed by atoms with van der Waals surface area (Å²) < 4.78 is 4.53. The van der Waals surface area contributed by atoms with Gasteiger partial charge in [-0.2, -0.15) is 0 Å². The summed E-state index contributed by atoms with van der Waals surface area (Å²) in [4.78, 5) is 23.3. The van der Waals surface area contributed by atoms with Gasteiger partial charge in [0, 0.05) is 16.4 Å². The molecular weight excluding hydrogens is 330 g/mol. The minimum absolute atomic E-state index is 0.182. The summed E-state index contributed by atoms with van der Waals surface area (Å²) in [5.41, 5.74) is 2.01. The molecule has 2 aromatic carbocycles. The van der Waals surface area contributed by atoms with Crippen molar-refractivity contribution in [2.24, 2.45) is 0 Å². The van der Waals surface area contributed by atoms with E-state index in [1.165, 1.54) is 7.11 Å². The van der Waals surface area contributed by atoms with Crippen molar-refractivity contribution in [3.05, 3.63) is 59.1 Å². The standard InChI is InChI=1S/C17H18ClN3O3/c1-11(12-6-8-13(18)9-7-12)19-16(22)20-14-4-3-5-15(10-14)21-17(23)24-2/h3-11H,1-2H3,(H,21,23)(H2,19,20,22). The molecule has 0 saturated carbocycles. The number of methoxy groups -OCH3 is 1. The van der Waals surface area contributed by atoms with Gasteiger partial charge in [-0.25, -0.2) is 9.59 Å². The van der Waals surface area contributed by atoms with Gasteiger partial charge in [-0.3, -0.25) is 5.32 Å². The zero-order valence-corrected chi connectivity index (χ0v) is 14.1. The van der Waals surface area contributed by atoms with E-state index >= 15 is 0 Å². The van der Waals surface area contributed by atoms with Crippen LogP contribution in [0.15, 0.2) is 48.5 Å². The minimum atomic E-state index is -0.576.